The molecule has 148 valence electrons. The zero-order chi connectivity index (χ0) is 20.7. The number of halogens is 1. The zero-order valence-corrected chi connectivity index (χ0v) is 19.0. The van der Waals surface area contributed by atoms with Gasteiger partial charge in [0.2, 0.25) is 0 Å². The maximum atomic E-state index is 12.2. The molecular weight excluding hydrogens is 366 g/mol. The predicted octanol–water partition coefficient (Wildman–Crippen LogP) is 6.21. The lowest BCUT2D eigenvalue weighted by atomic mass is 10.2. The SMILES string of the molecule is C/C=C\C(=C/C)n1cnn2ccc(Cl)c2c1=O.CC.CCC(C)C.CS. The molecule has 26 heavy (non-hydrogen) atoms. The fourth-order valence-electron chi connectivity index (χ4n) is 1.64. The fraction of sp³-hybridized carbons (Fsp3) is 0.500. The van der Waals surface area contributed by atoms with Crippen LogP contribution in [-0.4, -0.2) is 20.4 Å². The molecule has 0 fully saturated rings. The molecule has 2 heterocycles. The Morgan fingerprint density at radius 3 is 2.27 bits per heavy atom. The number of aromatic nitrogens is 3. The molecule has 0 spiro atoms. The largest absolute Gasteiger partial charge is 0.283 e. The molecule has 0 bridgehead atoms. The number of nitrogens with zero attached hydrogens (tertiary/aromatic N) is 3. The molecule has 0 N–H and O–H groups in total. The summed E-state index contributed by atoms with van der Waals surface area (Å²) in [6.45, 7) is 14.4. The zero-order valence-electron chi connectivity index (χ0n) is 17.3. The smallest absolute Gasteiger partial charge is 0.266 e. The highest BCUT2D eigenvalue weighted by atomic mass is 35.5. The Morgan fingerprint density at radius 1 is 1.31 bits per heavy atom. The van der Waals surface area contributed by atoms with Crippen LogP contribution >= 0.6 is 24.2 Å². The van der Waals surface area contributed by atoms with Gasteiger partial charge in [-0.25, -0.2) is 4.52 Å². The maximum Gasteiger partial charge on any atom is 0.283 e. The fourth-order valence-corrected chi connectivity index (χ4v) is 1.86. The van der Waals surface area contributed by atoms with Gasteiger partial charge >= 0.3 is 0 Å². The first-order valence-electron chi connectivity index (χ1n) is 8.94. The van der Waals surface area contributed by atoms with Crippen molar-refractivity contribution in [1.82, 2.24) is 14.2 Å². The molecule has 0 radical (unpaired) electrons. The highest BCUT2D eigenvalue weighted by Crippen LogP contribution is 2.14. The summed E-state index contributed by atoms with van der Waals surface area (Å²) in [5, 5.41) is 4.54. The molecular formula is C20H34ClN3OS. The van der Waals surface area contributed by atoms with Gasteiger partial charge < -0.3 is 0 Å². The monoisotopic (exact) mass is 399 g/mol. The van der Waals surface area contributed by atoms with Crippen LogP contribution in [0.2, 0.25) is 5.02 Å². The van der Waals surface area contributed by atoms with Gasteiger partial charge in [-0.3, -0.25) is 9.36 Å². The van der Waals surface area contributed by atoms with Crippen molar-refractivity contribution < 1.29 is 0 Å². The number of hydrogen-bond acceptors (Lipinski definition) is 3. The third kappa shape index (κ3) is 8.28. The number of allylic oxidation sites excluding steroid dienone is 4. The summed E-state index contributed by atoms with van der Waals surface area (Å²) < 4.78 is 2.95. The van der Waals surface area contributed by atoms with Crippen molar-refractivity contribution in [3.05, 3.63) is 52.2 Å². The van der Waals surface area contributed by atoms with Gasteiger partial charge in [0.25, 0.3) is 5.56 Å². The van der Waals surface area contributed by atoms with Crippen molar-refractivity contribution >= 4 is 35.4 Å². The Labute approximate surface area is 169 Å². The second-order valence-corrected chi connectivity index (χ2v) is 5.69. The molecule has 0 aromatic carbocycles. The lowest BCUT2D eigenvalue weighted by Crippen LogP contribution is -2.21. The minimum atomic E-state index is -0.179. The van der Waals surface area contributed by atoms with Crippen molar-refractivity contribution in [3.8, 4) is 0 Å². The van der Waals surface area contributed by atoms with E-state index in [1.54, 1.807) is 18.5 Å². The molecule has 0 atom stereocenters. The van der Waals surface area contributed by atoms with Gasteiger partial charge in [-0.15, -0.1) is 0 Å². The lowest BCUT2D eigenvalue weighted by molar-refractivity contribution is 0.626. The molecule has 0 saturated carbocycles. The van der Waals surface area contributed by atoms with Gasteiger partial charge in [-0.05, 0) is 38.2 Å². The van der Waals surface area contributed by atoms with Crippen LogP contribution in [0.15, 0.2) is 41.6 Å². The van der Waals surface area contributed by atoms with E-state index in [1.807, 2.05) is 45.9 Å². The summed E-state index contributed by atoms with van der Waals surface area (Å²) in [6.07, 6.45) is 11.7. The Kier molecular flexibility index (Phi) is 16.2. The lowest BCUT2D eigenvalue weighted by Gasteiger charge is -2.06. The molecule has 4 nitrogen and oxygen atoms in total. The summed E-state index contributed by atoms with van der Waals surface area (Å²) in [5.74, 6) is 0.884. The minimum absolute atomic E-state index is 0.179. The molecule has 0 saturated heterocycles. The average molecular weight is 400 g/mol. The van der Waals surface area contributed by atoms with Crippen LogP contribution in [0.1, 0.15) is 54.9 Å². The summed E-state index contributed by atoms with van der Waals surface area (Å²) >= 11 is 9.49. The highest BCUT2D eigenvalue weighted by Gasteiger charge is 2.09. The van der Waals surface area contributed by atoms with Gasteiger partial charge in [0.15, 0.2) is 0 Å². The van der Waals surface area contributed by atoms with Gasteiger partial charge in [0, 0.05) is 11.9 Å². The quantitative estimate of drug-likeness (QED) is 0.492. The first kappa shape index (κ1) is 26.8. The summed E-state index contributed by atoms with van der Waals surface area (Å²) in [4.78, 5) is 12.2. The molecule has 2 aromatic heterocycles. The van der Waals surface area contributed by atoms with Gasteiger partial charge in [0.1, 0.15) is 11.8 Å². The van der Waals surface area contributed by atoms with Crippen molar-refractivity contribution in [1.29, 1.82) is 0 Å². The van der Waals surface area contributed by atoms with E-state index < -0.39 is 0 Å². The van der Waals surface area contributed by atoms with Crippen molar-refractivity contribution in [3.63, 3.8) is 0 Å². The minimum Gasteiger partial charge on any atom is -0.266 e. The van der Waals surface area contributed by atoms with Crippen LogP contribution in [0, 0.1) is 5.92 Å². The van der Waals surface area contributed by atoms with Gasteiger partial charge in [-0.2, -0.15) is 17.7 Å². The Balaban J connectivity index is 0. The number of hydrogen-bond donors (Lipinski definition) is 1. The van der Waals surface area contributed by atoms with Crippen LogP contribution in [0.3, 0.4) is 0 Å². The van der Waals surface area contributed by atoms with E-state index in [0.29, 0.717) is 10.5 Å². The van der Waals surface area contributed by atoms with Crippen LogP contribution in [0.5, 0.6) is 0 Å². The third-order valence-electron chi connectivity index (χ3n) is 3.26. The van der Waals surface area contributed by atoms with E-state index >= 15 is 0 Å². The molecule has 0 aliphatic heterocycles. The Bertz CT molecular complexity index is 730. The van der Waals surface area contributed by atoms with Crippen LogP contribution < -0.4 is 5.56 Å². The number of rotatable bonds is 3. The maximum absolute atomic E-state index is 12.2. The molecule has 2 aromatic rings. The first-order chi connectivity index (χ1) is 12.5. The average Bonchev–Trinajstić information content (AvgIpc) is 3.06. The molecule has 2 rings (SSSR count). The third-order valence-corrected chi connectivity index (χ3v) is 3.56. The Morgan fingerprint density at radius 2 is 1.85 bits per heavy atom. The molecule has 0 aliphatic rings. The molecule has 0 amide bonds. The second-order valence-electron chi connectivity index (χ2n) is 5.28. The molecule has 6 heteroatoms. The summed E-state index contributed by atoms with van der Waals surface area (Å²) in [5.41, 5.74) is 0.976. The van der Waals surface area contributed by atoms with Crippen LogP contribution in [0.25, 0.3) is 11.2 Å². The van der Waals surface area contributed by atoms with Crippen LogP contribution in [-0.2, 0) is 0 Å². The predicted molar refractivity (Wildman–Crippen MR) is 121 cm³/mol. The van der Waals surface area contributed by atoms with Crippen molar-refractivity contribution in [2.45, 2.75) is 54.9 Å². The van der Waals surface area contributed by atoms with Crippen molar-refractivity contribution in [2.24, 2.45) is 5.92 Å². The van der Waals surface area contributed by atoms with E-state index in [1.165, 1.54) is 21.8 Å². The van der Waals surface area contributed by atoms with Gasteiger partial charge in [0.05, 0.1) is 5.02 Å². The van der Waals surface area contributed by atoms with E-state index in [4.69, 9.17) is 11.6 Å². The van der Waals surface area contributed by atoms with E-state index in [9.17, 15) is 4.79 Å². The van der Waals surface area contributed by atoms with E-state index in [-0.39, 0.29) is 5.56 Å². The second kappa shape index (κ2) is 15.8. The summed E-state index contributed by atoms with van der Waals surface area (Å²) in [7, 11) is 0. The number of fused-ring (bicyclic) bond motifs is 1. The van der Waals surface area contributed by atoms with Crippen molar-refractivity contribution in [2.75, 3.05) is 6.26 Å². The van der Waals surface area contributed by atoms with Gasteiger partial charge in [-0.1, -0.05) is 64.8 Å². The van der Waals surface area contributed by atoms with E-state index in [2.05, 4.69) is 38.5 Å². The Hall–Kier alpha value is -1.46. The summed E-state index contributed by atoms with van der Waals surface area (Å²) in [6, 6.07) is 1.65. The standard InChI is InChI=1S/C12H12ClN3O.C5H12.C2H6.CH4S/c1-3-5-9(4-2)15-8-14-16-7-6-10(13)11(16)12(15)17;1-4-5(2)3;2*1-2/h3-8H,1-2H3;5H,4H2,1-3H3;1-2H3;2H,1H3/b5-3-,9-4+;;;. The molecule has 0 aliphatic carbocycles. The first-order valence-corrected chi connectivity index (χ1v) is 10.2. The van der Waals surface area contributed by atoms with E-state index in [0.717, 1.165) is 11.6 Å². The topological polar surface area (TPSA) is 39.3 Å². The highest BCUT2D eigenvalue weighted by molar-refractivity contribution is 7.79. The van der Waals surface area contributed by atoms with Crippen LogP contribution in [0.4, 0.5) is 0 Å². The number of thiol groups is 1. The molecule has 0 unspecified atom stereocenters. The normalized spacial score (nSPS) is 10.7.